The van der Waals surface area contributed by atoms with E-state index in [1.807, 2.05) is 35.9 Å². The summed E-state index contributed by atoms with van der Waals surface area (Å²) in [7, 11) is -0.957. The summed E-state index contributed by atoms with van der Waals surface area (Å²) in [6.45, 7) is 0.387. The van der Waals surface area contributed by atoms with Crippen molar-refractivity contribution in [2.24, 2.45) is 13.0 Å². The number of thioether (sulfide) groups is 1. The van der Waals surface area contributed by atoms with Crippen molar-refractivity contribution in [3.63, 3.8) is 0 Å². The molecule has 0 spiro atoms. The zero-order valence-electron chi connectivity index (χ0n) is 17.2. The Bertz CT molecular complexity index is 1130. The Morgan fingerprint density at radius 1 is 1.10 bits per heavy atom. The summed E-state index contributed by atoms with van der Waals surface area (Å²) in [4.78, 5) is 0. The second-order valence-electron chi connectivity index (χ2n) is 7.78. The Hall–Kier alpha value is -2.39. The van der Waals surface area contributed by atoms with Gasteiger partial charge < -0.3 is 9.30 Å². The molecule has 1 aromatic heterocycles. The lowest BCUT2D eigenvalue weighted by Crippen LogP contribution is -2.11. The molecule has 31 heavy (non-hydrogen) atoms. The van der Waals surface area contributed by atoms with Crippen molar-refractivity contribution >= 4 is 21.6 Å². The number of sulfone groups is 1. The van der Waals surface area contributed by atoms with E-state index < -0.39 is 9.84 Å². The third-order valence-electron chi connectivity index (χ3n) is 5.33. The highest BCUT2D eigenvalue weighted by atomic mass is 32.2. The first-order valence-electron chi connectivity index (χ1n) is 10.1. The summed E-state index contributed by atoms with van der Waals surface area (Å²) in [5.74, 6) is 2.72. The number of hydrogen-bond donors (Lipinski definition) is 0. The Morgan fingerprint density at radius 3 is 2.48 bits per heavy atom. The largest absolute Gasteiger partial charge is 0.489 e. The van der Waals surface area contributed by atoms with Gasteiger partial charge in [-0.25, -0.2) is 12.8 Å². The van der Waals surface area contributed by atoms with Gasteiger partial charge in [-0.05, 0) is 47.7 Å². The average molecular weight is 462 g/mol. The summed E-state index contributed by atoms with van der Waals surface area (Å²) in [6.07, 6.45) is 1.34. The molecule has 1 saturated heterocycles. The molecule has 0 amide bonds. The van der Waals surface area contributed by atoms with E-state index in [9.17, 15) is 12.8 Å². The molecule has 1 aliphatic heterocycles. The van der Waals surface area contributed by atoms with Gasteiger partial charge in [0.05, 0.1) is 11.5 Å². The fourth-order valence-electron chi connectivity index (χ4n) is 3.52. The van der Waals surface area contributed by atoms with Gasteiger partial charge >= 0.3 is 0 Å². The predicted molar refractivity (Wildman–Crippen MR) is 118 cm³/mol. The maximum atomic E-state index is 13.0. The second-order valence-corrected chi connectivity index (χ2v) is 10.9. The average Bonchev–Trinajstić information content (AvgIpc) is 3.28. The van der Waals surface area contributed by atoms with Crippen LogP contribution in [0, 0.1) is 11.7 Å². The highest BCUT2D eigenvalue weighted by molar-refractivity contribution is 7.98. The molecule has 0 bridgehead atoms. The lowest BCUT2D eigenvalue weighted by molar-refractivity contribution is 0.306. The van der Waals surface area contributed by atoms with E-state index in [0.717, 1.165) is 33.6 Å². The van der Waals surface area contributed by atoms with Crippen LogP contribution >= 0.6 is 11.8 Å². The normalized spacial score (nSPS) is 17.7. The molecule has 1 aliphatic rings. The lowest BCUT2D eigenvalue weighted by atomic mass is 10.1. The summed E-state index contributed by atoms with van der Waals surface area (Å²) >= 11 is 1.59. The van der Waals surface area contributed by atoms with Crippen LogP contribution < -0.4 is 4.74 Å². The Balaban J connectivity index is 1.28. The maximum Gasteiger partial charge on any atom is 0.191 e. The molecular weight excluding hydrogens is 437 g/mol. The van der Waals surface area contributed by atoms with Crippen molar-refractivity contribution in [2.45, 2.75) is 30.4 Å². The van der Waals surface area contributed by atoms with Crippen molar-refractivity contribution < 1.29 is 17.5 Å². The summed E-state index contributed by atoms with van der Waals surface area (Å²) in [5.41, 5.74) is 2.04. The van der Waals surface area contributed by atoms with Gasteiger partial charge in [0.25, 0.3) is 0 Å². The minimum atomic E-state index is -2.88. The first-order valence-corrected chi connectivity index (χ1v) is 12.9. The van der Waals surface area contributed by atoms with Gasteiger partial charge in [-0.1, -0.05) is 36.0 Å². The molecule has 0 radical (unpaired) electrons. The van der Waals surface area contributed by atoms with Gasteiger partial charge in [0.1, 0.15) is 24.0 Å². The molecule has 4 rings (SSSR count). The van der Waals surface area contributed by atoms with E-state index in [-0.39, 0.29) is 23.2 Å². The highest BCUT2D eigenvalue weighted by Gasteiger charge is 2.29. The molecule has 2 heterocycles. The third-order valence-corrected chi connectivity index (χ3v) is 8.26. The van der Waals surface area contributed by atoms with Crippen LogP contribution in [0.4, 0.5) is 4.39 Å². The number of ether oxygens (including phenoxy) is 1. The standard InChI is InChI=1S/C22H24FN3O3S2/c1-26-21(12-18-10-11-31(27,28)15-18)24-25-22(26)30-14-17-4-8-20(9-5-17)29-13-16-2-6-19(23)7-3-16/h2-9,18H,10-15H2,1H3. The topological polar surface area (TPSA) is 74.1 Å². The van der Waals surface area contributed by atoms with Crippen molar-refractivity contribution in [1.29, 1.82) is 0 Å². The molecule has 9 heteroatoms. The SMILES string of the molecule is Cn1c(CC2CCS(=O)(=O)C2)nnc1SCc1ccc(OCc2ccc(F)cc2)cc1. The first-order chi connectivity index (χ1) is 14.9. The molecule has 0 N–H and O–H groups in total. The Labute approximate surface area is 185 Å². The number of rotatable bonds is 8. The van der Waals surface area contributed by atoms with Crippen molar-refractivity contribution in [3.8, 4) is 5.75 Å². The Kier molecular flexibility index (Phi) is 6.62. The summed E-state index contributed by atoms with van der Waals surface area (Å²) < 4.78 is 44.0. The van der Waals surface area contributed by atoms with Gasteiger partial charge in [-0.2, -0.15) is 0 Å². The number of benzene rings is 2. The van der Waals surface area contributed by atoms with Crippen LogP contribution in [0.25, 0.3) is 0 Å². The van der Waals surface area contributed by atoms with E-state index >= 15 is 0 Å². The van der Waals surface area contributed by atoms with Crippen LogP contribution in [0.1, 0.15) is 23.4 Å². The van der Waals surface area contributed by atoms with Crippen LogP contribution in [0.5, 0.6) is 5.75 Å². The maximum absolute atomic E-state index is 13.0. The second kappa shape index (κ2) is 9.40. The highest BCUT2D eigenvalue weighted by Crippen LogP contribution is 2.26. The molecule has 1 atom stereocenters. The molecule has 0 saturated carbocycles. The molecule has 1 fully saturated rings. The van der Waals surface area contributed by atoms with E-state index in [2.05, 4.69) is 10.2 Å². The van der Waals surface area contributed by atoms with Crippen LogP contribution in [0.2, 0.25) is 0 Å². The monoisotopic (exact) mass is 461 g/mol. The van der Waals surface area contributed by atoms with Gasteiger partial charge in [-0.15, -0.1) is 10.2 Å². The molecule has 2 aromatic carbocycles. The minimum absolute atomic E-state index is 0.133. The van der Waals surface area contributed by atoms with Gasteiger partial charge in [0.2, 0.25) is 0 Å². The lowest BCUT2D eigenvalue weighted by Gasteiger charge is -2.08. The van der Waals surface area contributed by atoms with Crippen LogP contribution in [-0.4, -0.2) is 34.7 Å². The first kappa shape index (κ1) is 21.8. The zero-order chi connectivity index (χ0) is 21.8. The number of aromatic nitrogens is 3. The quantitative estimate of drug-likeness (QED) is 0.475. The van der Waals surface area contributed by atoms with E-state index in [4.69, 9.17) is 4.74 Å². The predicted octanol–water partition coefficient (Wildman–Crippen LogP) is 3.80. The third kappa shape index (κ3) is 5.86. The van der Waals surface area contributed by atoms with E-state index in [1.54, 1.807) is 23.9 Å². The molecule has 1 unspecified atom stereocenters. The molecule has 3 aromatic rings. The Morgan fingerprint density at radius 2 is 1.81 bits per heavy atom. The molecule has 164 valence electrons. The fraction of sp³-hybridized carbons (Fsp3) is 0.364. The minimum Gasteiger partial charge on any atom is -0.489 e. The zero-order valence-corrected chi connectivity index (χ0v) is 18.8. The number of halogens is 1. The van der Waals surface area contributed by atoms with Crippen molar-refractivity contribution in [1.82, 2.24) is 14.8 Å². The van der Waals surface area contributed by atoms with Crippen molar-refractivity contribution in [2.75, 3.05) is 11.5 Å². The molecule has 0 aliphatic carbocycles. The summed E-state index contributed by atoms with van der Waals surface area (Å²) in [6, 6.07) is 14.1. The van der Waals surface area contributed by atoms with Gasteiger partial charge in [0, 0.05) is 19.2 Å². The van der Waals surface area contributed by atoms with Crippen LogP contribution in [0.15, 0.2) is 53.7 Å². The van der Waals surface area contributed by atoms with Gasteiger partial charge in [-0.3, -0.25) is 0 Å². The smallest absolute Gasteiger partial charge is 0.191 e. The van der Waals surface area contributed by atoms with Crippen LogP contribution in [0.3, 0.4) is 0 Å². The summed E-state index contributed by atoms with van der Waals surface area (Å²) in [5, 5.41) is 9.35. The van der Waals surface area contributed by atoms with Crippen molar-refractivity contribution in [3.05, 3.63) is 71.3 Å². The number of hydrogen-bond acceptors (Lipinski definition) is 6. The number of nitrogens with zero attached hydrogens (tertiary/aromatic N) is 3. The van der Waals surface area contributed by atoms with E-state index in [0.29, 0.717) is 19.4 Å². The van der Waals surface area contributed by atoms with Gasteiger partial charge in [0.15, 0.2) is 15.0 Å². The van der Waals surface area contributed by atoms with E-state index in [1.165, 1.54) is 12.1 Å². The molecular formula is C22H24FN3O3S2. The fourth-order valence-corrected chi connectivity index (χ4v) is 6.26. The molecule has 6 nitrogen and oxygen atoms in total. The van der Waals surface area contributed by atoms with Crippen LogP contribution in [-0.2, 0) is 35.7 Å².